The van der Waals surface area contributed by atoms with Gasteiger partial charge in [0.1, 0.15) is 5.82 Å². The molecule has 104 valence electrons. The number of rotatable bonds is 3. The lowest BCUT2D eigenvalue weighted by Crippen LogP contribution is -2.02. The number of nitrogens with two attached hydrogens (primary N) is 1. The highest BCUT2D eigenvalue weighted by atomic mass is 35.5. The molecule has 2 aromatic carbocycles. The number of anilines is 3. The van der Waals surface area contributed by atoms with Gasteiger partial charge in [-0.25, -0.2) is 9.18 Å². The van der Waals surface area contributed by atoms with Crippen molar-refractivity contribution in [3.63, 3.8) is 0 Å². The Hall–Kier alpha value is -1.98. The minimum atomic E-state index is -1.09. The van der Waals surface area contributed by atoms with Crippen LogP contribution in [0.15, 0.2) is 30.3 Å². The fourth-order valence-corrected chi connectivity index (χ4v) is 2.15. The van der Waals surface area contributed by atoms with Crippen molar-refractivity contribution in [2.24, 2.45) is 0 Å². The molecule has 0 radical (unpaired) electrons. The molecule has 0 heterocycles. The molecule has 0 unspecified atom stereocenters. The SMILES string of the molecule is Nc1ccc(C(=O)O)cc1Nc1c(Cl)cc(F)cc1Cl. The Bertz CT molecular complexity index is 669. The van der Waals surface area contributed by atoms with E-state index in [2.05, 4.69) is 5.32 Å². The number of nitrogen functional groups attached to an aromatic ring is 1. The van der Waals surface area contributed by atoms with Gasteiger partial charge in [-0.1, -0.05) is 23.2 Å². The molecule has 7 heteroatoms. The third-order valence-electron chi connectivity index (χ3n) is 2.57. The number of aromatic carboxylic acids is 1. The van der Waals surface area contributed by atoms with Crippen LogP contribution in [0, 0.1) is 5.82 Å². The number of carbonyl (C=O) groups is 1. The van der Waals surface area contributed by atoms with Crippen molar-refractivity contribution < 1.29 is 14.3 Å². The second-order valence-corrected chi connectivity index (χ2v) is 4.79. The Morgan fingerprint density at radius 1 is 1.20 bits per heavy atom. The quantitative estimate of drug-likeness (QED) is 0.744. The summed E-state index contributed by atoms with van der Waals surface area (Å²) in [6, 6.07) is 6.33. The van der Waals surface area contributed by atoms with Gasteiger partial charge in [0.2, 0.25) is 0 Å². The average Bonchev–Trinajstić information content (AvgIpc) is 2.35. The molecule has 2 aromatic rings. The summed E-state index contributed by atoms with van der Waals surface area (Å²) in [4.78, 5) is 10.9. The molecule has 2 rings (SSSR count). The van der Waals surface area contributed by atoms with E-state index < -0.39 is 11.8 Å². The molecule has 20 heavy (non-hydrogen) atoms. The van der Waals surface area contributed by atoms with Crippen LogP contribution in [0.25, 0.3) is 0 Å². The van der Waals surface area contributed by atoms with Crippen LogP contribution in [0.4, 0.5) is 21.5 Å². The smallest absolute Gasteiger partial charge is 0.335 e. The van der Waals surface area contributed by atoms with Crippen molar-refractivity contribution in [1.29, 1.82) is 0 Å². The fraction of sp³-hybridized carbons (Fsp3) is 0. The standard InChI is InChI=1S/C13H9Cl2FN2O2/c14-8-4-7(16)5-9(15)12(8)18-11-3-6(13(19)20)1-2-10(11)17/h1-5,18H,17H2,(H,19,20). The van der Waals surface area contributed by atoms with Crippen molar-refractivity contribution in [2.45, 2.75) is 0 Å². The topological polar surface area (TPSA) is 75.4 Å². The van der Waals surface area contributed by atoms with E-state index in [-0.39, 0.29) is 21.3 Å². The second-order valence-electron chi connectivity index (χ2n) is 3.98. The summed E-state index contributed by atoms with van der Waals surface area (Å²) in [5.74, 6) is -1.66. The van der Waals surface area contributed by atoms with Crippen molar-refractivity contribution in [3.05, 3.63) is 51.8 Å². The van der Waals surface area contributed by atoms with Crippen LogP contribution >= 0.6 is 23.2 Å². The Morgan fingerprint density at radius 3 is 2.35 bits per heavy atom. The predicted octanol–water partition coefficient (Wildman–Crippen LogP) is 4.16. The Kier molecular flexibility index (Phi) is 4.01. The zero-order valence-corrected chi connectivity index (χ0v) is 11.5. The van der Waals surface area contributed by atoms with Gasteiger partial charge in [-0.15, -0.1) is 0 Å². The normalized spacial score (nSPS) is 10.3. The summed E-state index contributed by atoms with van der Waals surface area (Å²) in [6.07, 6.45) is 0. The van der Waals surface area contributed by atoms with Crippen LogP contribution in [-0.4, -0.2) is 11.1 Å². The Labute approximate surface area is 123 Å². The summed E-state index contributed by atoms with van der Waals surface area (Å²) in [6.45, 7) is 0. The monoisotopic (exact) mass is 314 g/mol. The molecule has 0 bridgehead atoms. The zero-order chi connectivity index (χ0) is 14.9. The Balaban J connectivity index is 2.45. The van der Waals surface area contributed by atoms with E-state index in [9.17, 15) is 9.18 Å². The van der Waals surface area contributed by atoms with E-state index in [0.29, 0.717) is 11.4 Å². The summed E-state index contributed by atoms with van der Waals surface area (Å²) in [7, 11) is 0. The summed E-state index contributed by atoms with van der Waals surface area (Å²) in [5.41, 5.74) is 6.69. The summed E-state index contributed by atoms with van der Waals surface area (Å²) < 4.78 is 13.1. The fourth-order valence-electron chi connectivity index (χ4n) is 1.59. The van der Waals surface area contributed by atoms with Gasteiger partial charge in [-0.05, 0) is 30.3 Å². The molecule has 0 atom stereocenters. The lowest BCUT2D eigenvalue weighted by atomic mass is 10.1. The number of carboxylic acids is 1. The number of hydrogen-bond donors (Lipinski definition) is 3. The van der Waals surface area contributed by atoms with Gasteiger partial charge >= 0.3 is 5.97 Å². The van der Waals surface area contributed by atoms with Crippen molar-refractivity contribution in [3.8, 4) is 0 Å². The number of halogens is 3. The largest absolute Gasteiger partial charge is 0.478 e. The lowest BCUT2D eigenvalue weighted by molar-refractivity contribution is 0.0697. The van der Waals surface area contributed by atoms with Gasteiger partial charge < -0.3 is 16.2 Å². The number of carboxylic acid groups (broad SMARTS) is 1. The molecule has 0 aliphatic carbocycles. The van der Waals surface area contributed by atoms with Gasteiger partial charge in [0.15, 0.2) is 0 Å². The molecule has 0 saturated carbocycles. The van der Waals surface area contributed by atoms with Crippen LogP contribution in [0.3, 0.4) is 0 Å². The summed E-state index contributed by atoms with van der Waals surface area (Å²) in [5, 5.41) is 11.9. The maximum absolute atomic E-state index is 13.1. The number of hydrogen-bond acceptors (Lipinski definition) is 3. The van der Waals surface area contributed by atoms with Crippen LogP contribution in [0.5, 0.6) is 0 Å². The first-order chi connectivity index (χ1) is 9.38. The molecule has 0 aromatic heterocycles. The molecular weight excluding hydrogens is 306 g/mol. The first-order valence-electron chi connectivity index (χ1n) is 5.43. The van der Waals surface area contributed by atoms with E-state index in [1.807, 2.05) is 0 Å². The molecule has 0 amide bonds. The molecule has 0 saturated heterocycles. The van der Waals surface area contributed by atoms with E-state index in [1.54, 1.807) is 0 Å². The zero-order valence-electron chi connectivity index (χ0n) is 9.95. The van der Waals surface area contributed by atoms with Gasteiger partial charge in [-0.3, -0.25) is 0 Å². The van der Waals surface area contributed by atoms with Crippen molar-refractivity contribution in [2.75, 3.05) is 11.1 Å². The molecule has 0 aliphatic heterocycles. The minimum Gasteiger partial charge on any atom is -0.478 e. The average molecular weight is 315 g/mol. The maximum atomic E-state index is 13.1. The van der Waals surface area contributed by atoms with E-state index in [4.69, 9.17) is 34.0 Å². The van der Waals surface area contributed by atoms with Gasteiger partial charge in [0.25, 0.3) is 0 Å². The lowest BCUT2D eigenvalue weighted by Gasteiger charge is -2.13. The molecule has 4 N–H and O–H groups in total. The molecule has 0 fully saturated rings. The maximum Gasteiger partial charge on any atom is 0.335 e. The van der Waals surface area contributed by atoms with E-state index in [1.165, 1.54) is 18.2 Å². The van der Waals surface area contributed by atoms with E-state index in [0.717, 1.165) is 12.1 Å². The molecular formula is C13H9Cl2FN2O2. The Morgan fingerprint density at radius 2 is 1.80 bits per heavy atom. The van der Waals surface area contributed by atoms with Gasteiger partial charge in [-0.2, -0.15) is 0 Å². The third-order valence-corrected chi connectivity index (χ3v) is 3.16. The summed E-state index contributed by atoms with van der Waals surface area (Å²) >= 11 is 11.8. The number of nitrogens with one attached hydrogen (secondary N) is 1. The van der Waals surface area contributed by atoms with Crippen LogP contribution in [0.2, 0.25) is 10.0 Å². The first-order valence-corrected chi connectivity index (χ1v) is 6.18. The highest BCUT2D eigenvalue weighted by Crippen LogP contribution is 2.35. The van der Waals surface area contributed by atoms with Crippen LogP contribution in [-0.2, 0) is 0 Å². The second kappa shape index (κ2) is 5.56. The minimum absolute atomic E-state index is 0.0519. The number of benzene rings is 2. The van der Waals surface area contributed by atoms with Crippen LogP contribution < -0.4 is 11.1 Å². The highest BCUT2D eigenvalue weighted by Gasteiger charge is 2.12. The predicted molar refractivity (Wildman–Crippen MR) is 77.5 cm³/mol. The molecule has 0 aliphatic rings. The molecule has 0 spiro atoms. The molecule has 4 nitrogen and oxygen atoms in total. The third kappa shape index (κ3) is 2.95. The van der Waals surface area contributed by atoms with Gasteiger partial charge in [0.05, 0.1) is 32.7 Å². The first kappa shape index (κ1) is 14.4. The van der Waals surface area contributed by atoms with Crippen LogP contribution in [0.1, 0.15) is 10.4 Å². The highest BCUT2D eigenvalue weighted by molar-refractivity contribution is 6.39. The van der Waals surface area contributed by atoms with E-state index >= 15 is 0 Å². The van der Waals surface area contributed by atoms with Crippen molar-refractivity contribution >= 4 is 46.2 Å². The van der Waals surface area contributed by atoms with Crippen molar-refractivity contribution in [1.82, 2.24) is 0 Å². The van der Waals surface area contributed by atoms with Gasteiger partial charge in [0, 0.05) is 0 Å².